The van der Waals surface area contributed by atoms with Gasteiger partial charge in [0.15, 0.2) is 0 Å². The number of nitrogens with one attached hydrogen (secondary N) is 2. The first-order chi connectivity index (χ1) is 12.2. The number of nitrogens with zero attached hydrogens (tertiary/aromatic N) is 1. The van der Waals surface area contributed by atoms with Gasteiger partial charge in [-0.25, -0.2) is 8.42 Å². The maximum absolute atomic E-state index is 12.6. The summed E-state index contributed by atoms with van der Waals surface area (Å²) in [5, 5.41) is 5.49. The smallest absolute Gasteiger partial charge is 0.432 e. The number of ether oxygens (including phenoxy) is 1. The average Bonchev–Trinajstić information content (AvgIpc) is 3.23. The number of benzene rings is 1. The summed E-state index contributed by atoms with van der Waals surface area (Å²) in [5.74, 6) is 0.480. The highest BCUT2D eigenvalue weighted by atomic mass is 32.2. The number of anilines is 1. The predicted octanol–water partition coefficient (Wildman–Crippen LogP) is 3.97. The quantitative estimate of drug-likeness (QED) is 0.675. The van der Waals surface area contributed by atoms with Gasteiger partial charge in [0.05, 0.1) is 17.7 Å². The van der Waals surface area contributed by atoms with E-state index in [1.165, 1.54) is 25.3 Å². The third kappa shape index (κ3) is 3.83. The average molecular weight is 403 g/mol. The lowest BCUT2D eigenvalue weighted by atomic mass is 10.3. The first kappa shape index (κ1) is 18.3. The Morgan fingerprint density at radius 3 is 2.62 bits per heavy atom. The van der Waals surface area contributed by atoms with Gasteiger partial charge in [-0.1, -0.05) is 6.07 Å². The molecule has 0 aliphatic heterocycles. The second kappa shape index (κ2) is 6.65. The van der Waals surface area contributed by atoms with Crippen LogP contribution in [-0.4, -0.2) is 25.7 Å². The molecule has 0 saturated heterocycles. The molecular formula is C15H12F3N3O3S2. The third-order valence-electron chi connectivity index (χ3n) is 3.30. The van der Waals surface area contributed by atoms with E-state index < -0.39 is 21.9 Å². The lowest BCUT2D eigenvalue weighted by Crippen LogP contribution is -2.11. The van der Waals surface area contributed by atoms with Crippen molar-refractivity contribution in [2.75, 3.05) is 11.8 Å². The van der Waals surface area contributed by atoms with E-state index in [0.29, 0.717) is 16.3 Å². The summed E-state index contributed by atoms with van der Waals surface area (Å²) >= 11 is 0.815. The molecule has 3 rings (SSSR count). The summed E-state index contributed by atoms with van der Waals surface area (Å²) < 4.78 is 70.2. The molecule has 0 fully saturated rings. The fourth-order valence-electron chi connectivity index (χ4n) is 2.09. The first-order valence-electron chi connectivity index (χ1n) is 7.09. The summed E-state index contributed by atoms with van der Waals surface area (Å²) in [6, 6.07) is 9.90. The van der Waals surface area contributed by atoms with Gasteiger partial charge < -0.3 is 4.74 Å². The largest absolute Gasteiger partial charge is 0.497 e. The number of thiophene rings is 1. The van der Waals surface area contributed by atoms with E-state index in [0.717, 1.165) is 17.4 Å². The van der Waals surface area contributed by atoms with Gasteiger partial charge in [-0.05, 0) is 30.3 Å². The molecule has 2 N–H and O–H groups in total. The lowest BCUT2D eigenvalue weighted by molar-refractivity contribution is -0.141. The monoisotopic (exact) mass is 403 g/mol. The second-order valence-corrected chi connectivity index (χ2v) is 8.11. The van der Waals surface area contributed by atoms with Gasteiger partial charge in [0.1, 0.15) is 21.3 Å². The highest BCUT2D eigenvalue weighted by Crippen LogP contribution is 2.34. The van der Waals surface area contributed by atoms with E-state index >= 15 is 0 Å². The maximum atomic E-state index is 12.6. The van der Waals surface area contributed by atoms with E-state index in [4.69, 9.17) is 4.74 Å². The van der Waals surface area contributed by atoms with Gasteiger partial charge in [-0.15, -0.1) is 11.3 Å². The van der Waals surface area contributed by atoms with Crippen LogP contribution in [0.3, 0.4) is 0 Å². The Hall–Kier alpha value is -2.53. The van der Waals surface area contributed by atoms with Crippen LogP contribution in [0.5, 0.6) is 5.75 Å². The van der Waals surface area contributed by atoms with Crippen LogP contribution in [0.2, 0.25) is 0 Å². The molecule has 0 bridgehead atoms. The fourth-order valence-corrected chi connectivity index (χ4v) is 4.40. The van der Waals surface area contributed by atoms with Crippen molar-refractivity contribution in [3.63, 3.8) is 0 Å². The van der Waals surface area contributed by atoms with E-state index in [9.17, 15) is 21.6 Å². The standard InChI is InChI=1S/C15H12F3N3O3S2/c1-24-10-4-2-3-9(7-10)21-26(22,23)14-6-5-12(25-14)11-8-13(20-19-11)15(16,17)18/h2-8,21H,1H3,(H,19,20). The molecule has 0 radical (unpaired) electrons. The van der Waals surface area contributed by atoms with E-state index in [2.05, 4.69) is 9.82 Å². The summed E-state index contributed by atoms with van der Waals surface area (Å²) in [6.07, 6.45) is -4.55. The molecule has 2 aromatic heterocycles. The highest BCUT2D eigenvalue weighted by Gasteiger charge is 2.33. The normalized spacial score (nSPS) is 12.2. The molecule has 0 aliphatic carbocycles. The van der Waals surface area contributed by atoms with Crippen molar-refractivity contribution < 1.29 is 26.3 Å². The molecule has 11 heteroatoms. The van der Waals surface area contributed by atoms with Crippen LogP contribution in [0, 0.1) is 0 Å². The minimum atomic E-state index is -4.55. The van der Waals surface area contributed by atoms with Crippen molar-refractivity contribution in [2.24, 2.45) is 0 Å². The number of aromatic nitrogens is 2. The number of rotatable bonds is 5. The zero-order valence-electron chi connectivity index (χ0n) is 13.2. The van der Waals surface area contributed by atoms with Gasteiger partial charge in [-0.2, -0.15) is 18.3 Å². The minimum absolute atomic E-state index is 0.0187. The Morgan fingerprint density at radius 1 is 1.19 bits per heavy atom. The van der Waals surface area contributed by atoms with Crippen molar-refractivity contribution in [2.45, 2.75) is 10.4 Å². The Balaban J connectivity index is 1.85. The number of hydrogen-bond acceptors (Lipinski definition) is 5. The van der Waals surface area contributed by atoms with Gasteiger partial charge >= 0.3 is 6.18 Å². The number of methoxy groups -OCH3 is 1. The zero-order valence-corrected chi connectivity index (χ0v) is 14.8. The van der Waals surface area contributed by atoms with Crippen LogP contribution in [-0.2, 0) is 16.2 Å². The maximum Gasteiger partial charge on any atom is 0.432 e. The Morgan fingerprint density at radius 2 is 1.96 bits per heavy atom. The van der Waals surface area contributed by atoms with Crippen molar-refractivity contribution in [1.29, 1.82) is 0 Å². The molecule has 0 saturated carbocycles. The van der Waals surface area contributed by atoms with Crippen molar-refractivity contribution >= 4 is 27.0 Å². The Kier molecular flexibility index (Phi) is 4.67. The van der Waals surface area contributed by atoms with Crippen LogP contribution < -0.4 is 9.46 Å². The van der Waals surface area contributed by atoms with Crippen molar-refractivity contribution in [1.82, 2.24) is 10.2 Å². The number of hydrogen-bond donors (Lipinski definition) is 2. The number of sulfonamides is 1. The summed E-state index contributed by atoms with van der Waals surface area (Å²) in [6.45, 7) is 0. The number of alkyl halides is 3. The Bertz CT molecular complexity index is 1030. The second-order valence-electron chi connectivity index (χ2n) is 5.12. The van der Waals surface area contributed by atoms with Gasteiger partial charge in [-0.3, -0.25) is 9.82 Å². The fraction of sp³-hybridized carbons (Fsp3) is 0.133. The SMILES string of the molecule is COc1cccc(NS(=O)(=O)c2ccc(-c3cc(C(F)(F)F)[nH]n3)s2)c1. The lowest BCUT2D eigenvalue weighted by Gasteiger charge is -2.07. The molecule has 138 valence electrons. The number of H-pyrrole nitrogens is 1. The van der Waals surface area contributed by atoms with E-state index in [1.807, 2.05) is 5.10 Å². The van der Waals surface area contributed by atoms with Gasteiger partial charge in [0.2, 0.25) is 0 Å². The van der Waals surface area contributed by atoms with Gasteiger partial charge in [0.25, 0.3) is 10.0 Å². The third-order valence-corrected chi connectivity index (χ3v) is 6.28. The predicted molar refractivity (Wildman–Crippen MR) is 90.7 cm³/mol. The van der Waals surface area contributed by atoms with Crippen molar-refractivity contribution in [3.05, 3.63) is 48.2 Å². The summed E-state index contributed by atoms with van der Waals surface area (Å²) in [5.41, 5.74) is -0.677. The number of aromatic amines is 1. The Labute approximate surface area is 150 Å². The highest BCUT2D eigenvalue weighted by molar-refractivity contribution is 7.94. The molecular weight excluding hydrogens is 391 g/mol. The number of halogens is 3. The van der Waals surface area contributed by atoms with E-state index in [1.54, 1.807) is 18.2 Å². The molecule has 1 aromatic carbocycles. The molecule has 0 unspecified atom stereocenters. The molecule has 3 aromatic rings. The molecule has 0 atom stereocenters. The zero-order chi connectivity index (χ0) is 18.9. The molecule has 26 heavy (non-hydrogen) atoms. The topological polar surface area (TPSA) is 84.1 Å². The molecule has 0 spiro atoms. The molecule has 0 amide bonds. The van der Waals surface area contributed by atoms with E-state index in [-0.39, 0.29) is 9.90 Å². The van der Waals surface area contributed by atoms with Crippen LogP contribution in [0.25, 0.3) is 10.6 Å². The van der Waals surface area contributed by atoms with Crippen molar-refractivity contribution in [3.8, 4) is 16.3 Å². The minimum Gasteiger partial charge on any atom is -0.497 e. The molecule has 6 nitrogen and oxygen atoms in total. The van der Waals surface area contributed by atoms with Crippen LogP contribution in [0.1, 0.15) is 5.69 Å². The van der Waals surface area contributed by atoms with Crippen LogP contribution >= 0.6 is 11.3 Å². The van der Waals surface area contributed by atoms with Crippen LogP contribution in [0.4, 0.5) is 18.9 Å². The van der Waals surface area contributed by atoms with Crippen LogP contribution in [0.15, 0.2) is 46.7 Å². The molecule has 0 aliphatic rings. The molecule has 2 heterocycles. The summed E-state index contributed by atoms with van der Waals surface area (Å²) in [7, 11) is -2.44. The van der Waals surface area contributed by atoms with Gasteiger partial charge in [0, 0.05) is 6.07 Å². The summed E-state index contributed by atoms with van der Waals surface area (Å²) in [4.78, 5) is 0.294. The first-order valence-corrected chi connectivity index (χ1v) is 9.39.